The molecule has 0 aliphatic carbocycles. The molecule has 3 aromatic heterocycles. The molecule has 0 fully saturated rings. The van der Waals surface area contributed by atoms with E-state index in [9.17, 15) is 26.3 Å². The minimum absolute atomic E-state index is 0. The molecule has 0 saturated heterocycles. The Balaban J connectivity index is 0.000000163. The van der Waals surface area contributed by atoms with Gasteiger partial charge < -0.3 is 0 Å². The van der Waals surface area contributed by atoms with Crippen LogP contribution < -0.4 is 0 Å². The van der Waals surface area contributed by atoms with Gasteiger partial charge in [0.2, 0.25) is 0 Å². The van der Waals surface area contributed by atoms with Gasteiger partial charge in [-0.2, -0.15) is 33.5 Å². The van der Waals surface area contributed by atoms with Gasteiger partial charge in [0, 0.05) is 72.1 Å². The van der Waals surface area contributed by atoms with Crippen LogP contribution in [0.2, 0.25) is 0 Å². The molecule has 3 aromatic carbocycles. The van der Waals surface area contributed by atoms with Crippen molar-refractivity contribution < 1.29 is 46.4 Å². The van der Waals surface area contributed by atoms with Crippen molar-refractivity contribution in [3.8, 4) is 17.1 Å². The first-order chi connectivity index (χ1) is 18.8. The van der Waals surface area contributed by atoms with Crippen LogP contribution in [-0.2, 0) is 20.1 Å². The monoisotopic (exact) mass is 730 g/mol. The van der Waals surface area contributed by atoms with E-state index in [1.165, 1.54) is 32.6 Å². The van der Waals surface area contributed by atoms with Crippen LogP contribution in [-0.4, -0.2) is 29.3 Å². The number of halogens is 6. The summed E-state index contributed by atoms with van der Waals surface area (Å²) in [5, 5.41) is 11.4. The molecule has 6 nitrogen and oxygen atoms in total. The molecule has 0 saturated carbocycles. The quantitative estimate of drug-likeness (QED) is 0.170. The standard InChI is InChI=1S/3C9H5F2N2.Ir/c3*10-7-2-3-9(8(11)6-7)13-5-1-4-12-13;/h3*1-2,4-6H;/q3*-1;+3. The van der Waals surface area contributed by atoms with Gasteiger partial charge in [-0.05, 0) is 35.3 Å². The predicted molar refractivity (Wildman–Crippen MR) is 127 cm³/mol. The Morgan fingerprint density at radius 1 is 0.475 bits per heavy atom. The SMILES string of the molecule is Fc1c[c-]c(-n2cccn2)c(F)c1.Fc1c[c-]c(-n2cccn2)c(F)c1.Fc1c[c-]c(-n2cccn2)c(F)c1.[Ir+3]. The summed E-state index contributed by atoms with van der Waals surface area (Å²) in [6.45, 7) is 0. The topological polar surface area (TPSA) is 53.5 Å². The maximum absolute atomic E-state index is 13.1. The van der Waals surface area contributed by atoms with E-state index >= 15 is 0 Å². The van der Waals surface area contributed by atoms with Crippen molar-refractivity contribution >= 4 is 0 Å². The van der Waals surface area contributed by atoms with Gasteiger partial charge >= 0.3 is 20.1 Å². The molecule has 0 N–H and O–H groups in total. The van der Waals surface area contributed by atoms with E-state index in [0.29, 0.717) is 0 Å². The Kier molecular flexibility index (Phi) is 10.6. The zero-order valence-corrected chi connectivity index (χ0v) is 22.3. The predicted octanol–water partition coefficient (Wildman–Crippen LogP) is 5.85. The number of benzene rings is 3. The molecule has 13 heteroatoms. The summed E-state index contributed by atoms with van der Waals surface area (Å²) in [7, 11) is 0. The Hall–Kier alpha value is -4.48. The first-order valence-corrected chi connectivity index (χ1v) is 10.9. The summed E-state index contributed by atoms with van der Waals surface area (Å²) in [5.74, 6) is -3.97. The van der Waals surface area contributed by atoms with Crippen LogP contribution in [0, 0.1) is 53.1 Å². The van der Waals surface area contributed by atoms with Crippen LogP contribution in [0.1, 0.15) is 0 Å². The summed E-state index contributed by atoms with van der Waals surface area (Å²) < 4.78 is 80.6. The van der Waals surface area contributed by atoms with Crippen LogP contribution >= 0.6 is 0 Å². The molecule has 6 rings (SSSR count). The van der Waals surface area contributed by atoms with Gasteiger partial charge in [0.15, 0.2) is 0 Å². The van der Waals surface area contributed by atoms with Crippen molar-refractivity contribution in [3.05, 3.63) is 145 Å². The molecule has 0 atom stereocenters. The Morgan fingerprint density at radius 3 is 0.950 bits per heavy atom. The fraction of sp³-hybridized carbons (Fsp3) is 0. The van der Waals surface area contributed by atoms with Crippen molar-refractivity contribution in [2.45, 2.75) is 0 Å². The number of nitrogens with zero attached hydrogens (tertiary/aromatic N) is 6. The second-order valence-corrected chi connectivity index (χ2v) is 7.40. The molecule has 0 amide bonds. The van der Waals surface area contributed by atoms with Crippen molar-refractivity contribution in [1.29, 1.82) is 0 Å². The molecule has 6 aromatic rings. The third-order valence-corrected chi connectivity index (χ3v) is 4.71. The summed E-state index contributed by atoms with van der Waals surface area (Å²) in [6, 6.07) is 17.9. The molecule has 0 spiro atoms. The van der Waals surface area contributed by atoms with E-state index in [1.807, 2.05) is 0 Å². The molecule has 0 unspecified atom stereocenters. The number of hydrogen-bond donors (Lipinski definition) is 0. The summed E-state index contributed by atoms with van der Waals surface area (Å²) in [6.07, 6.45) is 9.22. The van der Waals surface area contributed by atoms with E-state index in [0.717, 1.165) is 36.4 Å². The van der Waals surface area contributed by atoms with Crippen LogP contribution in [0.4, 0.5) is 26.3 Å². The number of aromatic nitrogens is 6. The minimum Gasteiger partial charge on any atom is -0.284 e. The first kappa shape index (κ1) is 30.1. The minimum atomic E-state index is -0.677. The van der Waals surface area contributed by atoms with Gasteiger partial charge in [-0.3, -0.25) is 40.4 Å². The van der Waals surface area contributed by atoms with Gasteiger partial charge in [-0.1, -0.05) is 0 Å². The van der Waals surface area contributed by atoms with Crippen LogP contribution in [0.5, 0.6) is 0 Å². The fourth-order valence-corrected chi connectivity index (χ4v) is 3.04. The molecule has 0 aliphatic heterocycles. The molecule has 0 aliphatic rings. The average molecular weight is 730 g/mol. The molecular weight excluding hydrogens is 715 g/mol. The van der Waals surface area contributed by atoms with Gasteiger partial charge in [0.1, 0.15) is 0 Å². The zero-order chi connectivity index (χ0) is 27.8. The summed E-state index contributed by atoms with van der Waals surface area (Å²) >= 11 is 0. The Bertz CT molecular complexity index is 1430. The molecule has 3 heterocycles. The van der Waals surface area contributed by atoms with E-state index in [1.54, 1.807) is 36.8 Å². The second kappa shape index (κ2) is 14.1. The molecule has 40 heavy (non-hydrogen) atoms. The Morgan fingerprint density at radius 2 is 0.750 bits per heavy atom. The Labute approximate surface area is 237 Å². The maximum Gasteiger partial charge on any atom is 3.00 e. The average Bonchev–Trinajstić information content (AvgIpc) is 3.69. The third-order valence-electron chi connectivity index (χ3n) is 4.71. The van der Waals surface area contributed by atoms with E-state index in [-0.39, 0.29) is 37.2 Å². The van der Waals surface area contributed by atoms with Gasteiger partial charge in [-0.25, -0.2) is 0 Å². The maximum atomic E-state index is 13.1. The molecule has 0 bridgehead atoms. The van der Waals surface area contributed by atoms with E-state index in [4.69, 9.17) is 0 Å². The van der Waals surface area contributed by atoms with Crippen LogP contribution in [0.15, 0.2) is 91.8 Å². The van der Waals surface area contributed by atoms with Crippen molar-refractivity contribution in [2.75, 3.05) is 0 Å². The van der Waals surface area contributed by atoms with Gasteiger partial charge in [0.25, 0.3) is 0 Å². The van der Waals surface area contributed by atoms with Crippen molar-refractivity contribution in [1.82, 2.24) is 29.3 Å². The van der Waals surface area contributed by atoms with Crippen molar-refractivity contribution in [2.24, 2.45) is 0 Å². The zero-order valence-electron chi connectivity index (χ0n) is 19.9. The van der Waals surface area contributed by atoms with E-state index in [2.05, 4.69) is 33.5 Å². The van der Waals surface area contributed by atoms with E-state index < -0.39 is 34.9 Å². The smallest absolute Gasteiger partial charge is 0.284 e. The molecule has 0 radical (unpaired) electrons. The summed E-state index contributed by atoms with van der Waals surface area (Å²) in [5.41, 5.74) is 0.351. The largest absolute Gasteiger partial charge is 3.00 e. The van der Waals surface area contributed by atoms with Crippen LogP contribution in [0.3, 0.4) is 0 Å². The summed E-state index contributed by atoms with van der Waals surface area (Å²) in [4.78, 5) is 0. The number of hydrogen-bond acceptors (Lipinski definition) is 3. The molecule has 204 valence electrons. The number of rotatable bonds is 3. The first-order valence-electron chi connectivity index (χ1n) is 10.9. The normalized spacial score (nSPS) is 10.1. The van der Waals surface area contributed by atoms with Crippen molar-refractivity contribution in [3.63, 3.8) is 0 Å². The van der Waals surface area contributed by atoms with Gasteiger partial charge in [0.05, 0.1) is 0 Å². The fourth-order valence-electron chi connectivity index (χ4n) is 3.04. The molecular formula is C27H15F6IrN6. The second-order valence-electron chi connectivity index (χ2n) is 7.40. The van der Waals surface area contributed by atoms with Gasteiger partial charge in [-0.15, -0.1) is 36.4 Å². The van der Waals surface area contributed by atoms with Crippen LogP contribution in [0.25, 0.3) is 17.1 Å². The third kappa shape index (κ3) is 7.78.